The topological polar surface area (TPSA) is 90.9 Å². The van der Waals surface area contributed by atoms with Crippen LogP contribution in [0.2, 0.25) is 0 Å². The third-order valence-electron chi connectivity index (χ3n) is 9.55. The lowest BCUT2D eigenvalue weighted by Crippen LogP contribution is -2.56. The van der Waals surface area contributed by atoms with Gasteiger partial charge in [-0.25, -0.2) is 9.59 Å². The van der Waals surface area contributed by atoms with Crippen molar-refractivity contribution in [1.29, 1.82) is 0 Å². The number of fused-ring (bicyclic) bond motifs is 1. The van der Waals surface area contributed by atoms with Crippen LogP contribution in [0.15, 0.2) is 114 Å². The van der Waals surface area contributed by atoms with Crippen LogP contribution in [0.5, 0.6) is 0 Å². The summed E-state index contributed by atoms with van der Waals surface area (Å²) >= 11 is 0. The SMILES string of the molecule is O=C(OCc1ccccc1)c1cccc(CN2CN(c3ccccc3)C3(CCN(CCCn4c(=O)[nH]c5ccccc54)CC3)C2=O)c1. The molecule has 1 amide bonds. The van der Waals surface area contributed by atoms with Crippen molar-refractivity contribution >= 4 is 28.6 Å². The first kappa shape index (κ1) is 30.5. The molecule has 7 rings (SSSR count). The lowest BCUT2D eigenvalue weighted by molar-refractivity contribution is -0.134. The molecule has 5 aromatic rings. The van der Waals surface area contributed by atoms with E-state index in [1.54, 1.807) is 6.07 Å². The van der Waals surface area contributed by atoms with Gasteiger partial charge in [-0.3, -0.25) is 9.36 Å². The fourth-order valence-electron chi connectivity index (χ4n) is 7.07. The molecule has 2 fully saturated rings. The lowest BCUT2D eigenvalue weighted by Gasteiger charge is -2.43. The Morgan fingerprint density at radius 2 is 1.49 bits per heavy atom. The van der Waals surface area contributed by atoms with Gasteiger partial charge in [-0.2, -0.15) is 0 Å². The molecule has 1 N–H and O–H groups in total. The van der Waals surface area contributed by atoms with Crippen molar-refractivity contribution in [2.24, 2.45) is 0 Å². The predicted octanol–water partition coefficient (Wildman–Crippen LogP) is 5.42. The highest BCUT2D eigenvalue weighted by atomic mass is 16.5. The summed E-state index contributed by atoms with van der Waals surface area (Å²) in [6.07, 6.45) is 2.29. The van der Waals surface area contributed by atoms with Gasteiger partial charge in [0.2, 0.25) is 5.91 Å². The minimum Gasteiger partial charge on any atom is -0.457 e. The summed E-state index contributed by atoms with van der Waals surface area (Å²) in [6, 6.07) is 35.0. The molecule has 3 heterocycles. The van der Waals surface area contributed by atoms with Gasteiger partial charge in [0.15, 0.2) is 0 Å². The first-order valence-corrected chi connectivity index (χ1v) is 16.3. The van der Waals surface area contributed by atoms with Crippen LogP contribution in [0.3, 0.4) is 0 Å². The number of amides is 1. The number of hydrogen-bond acceptors (Lipinski definition) is 6. The highest BCUT2D eigenvalue weighted by molar-refractivity contribution is 5.94. The summed E-state index contributed by atoms with van der Waals surface area (Å²) in [6.45, 7) is 4.21. The van der Waals surface area contributed by atoms with Gasteiger partial charge in [0.1, 0.15) is 12.1 Å². The molecule has 4 aromatic carbocycles. The lowest BCUT2D eigenvalue weighted by atomic mass is 9.85. The average molecular weight is 630 g/mol. The van der Waals surface area contributed by atoms with Gasteiger partial charge in [-0.05, 0) is 73.3 Å². The van der Waals surface area contributed by atoms with E-state index in [9.17, 15) is 14.4 Å². The van der Waals surface area contributed by atoms with Crippen molar-refractivity contribution in [2.45, 2.75) is 44.5 Å². The van der Waals surface area contributed by atoms with Crippen LogP contribution in [0.1, 0.15) is 40.7 Å². The Labute approximate surface area is 274 Å². The molecule has 0 unspecified atom stereocenters. The quantitative estimate of drug-likeness (QED) is 0.208. The Morgan fingerprint density at radius 3 is 2.28 bits per heavy atom. The van der Waals surface area contributed by atoms with E-state index in [1.807, 2.05) is 100 Å². The largest absolute Gasteiger partial charge is 0.457 e. The second-order valence-corrected chi connectivity index (χ2v) is 12.5. The summed E-state index contributed by atoms with van der Waals surface area (Å²) < 4.78 is 7.37. The Bertz CT molecular complexity index is 1910. The van der Waals surface area contributed by atoms with Gasteiger partial charge >= 0.3 is 11.7 Å². The van der Waals surface area contributed by atoms with Gasteiger partial charge in [0.05, 0.1) is 23.3 Å². The number of carbonyl (C=O) groups is 2. The number of nitrogens with zero attached hydrogens (tertiary/aromatic N) is 4. The van der Waals surface area contributed by atoms with Crippen molar-refractivity contribution in [3.8, 4) is 0 Å². The molecule has 1 aromatic heterocycles. The molecule has 0 bridgehead atoms. The van der Waals surface area contributed by atoms with E-state index < -0.39 is 5.54 Å². The summed E-state index contributed by atoms with van der Waals surface area (Å²) in [7, 11) is 0. The number of esters is 1. The molecule has 47 heavy (non-hydrogen) atoms. The fraction of sp³-hybridized carbons (Fsp3) is 0.289. The number of aromatic amines is 1. The number of likely N-dealkylation sites (tertiary alicyclic amines) is 1. The van der Waals surface area contributed by atoms with E-state index in [4.69, 9.17) is 4.74 Å². The molecule has 0 saturated carbocycles. The molecule has 0 atom stereocenters. The van der Waals surface area contributed by atoms with Crippen molar-refractivity contribution in [1.82, 2.24) is 19.4 Å². The summed E-state index contributed by atoms with van der Waals surface area (Å²) in [4.78, 5) is 49.2. The normalized spacial score (nSPS) is 16.3. The van der Waals surface area contributed by atoms with E-state index in [2.05, 4.69) is 26.9 Å². The maximum Gasteiger partial charge on any atom is 0.338 e. The van der Waals surface area contributed by atoms with Crippen LogP contribution in [0, 0.1) is 0 Å². The standard InChI is InChI=1S/C38H39N5O4/c44-35(47-27-29-11-3-1-4-12-29)31-14-9-13-30(25-31)26-41-28-43(32-15-5-2-6-16-32)38(36(41)45)19-23-40(24-20-38)21-10-22-42-34-18-8-7-17-33(34)39-37(42)46/h1-9,11-18,25H,10,19-24,26-28H2,(H,39,46). The number of imidazole rings is 1. The summed E-state index contributed by atoms with van der Waals surface area (Å²) in [5.41, 5.74) is 4.42. The third-order valence-corrected chi connectivity index (χ3v) is 9.55. The van der Waals surface area contributed by atoms with Crippen molar-refractivity contribution < 1.29 is 14.3 Å². The van der Waals surface area contributed by atoms with Crippen LogP contribution in [0.4, 0.5) is 5.69 Å². The van der Waals surface area contributed by atoms with Crippen LogP contribution in [0.25, 0.3) is 11.0 Å². The zero-order valence-corrected chi connectivity index (χ0v) is 26.4. The van der Waals surface area contributed by atoms with E-state index >= 15 is 0 Å². The Hall–Kier alpha value is -5.15. The maximum absolute atomic E-state index is 14.3. The van der Waals surface area contributed by atoms with Crippen LogP contribution < -0.4 is 10.6 Å². The zero-order valence-electron chi connectivity index (χ0n) is 26.4. The van der Waals surface area contributed by atoms with Gasteiger partial charge in [0.25, 0.3) is 0 Å². The summed E-state index contributed by atoms with van der Waals surface area (Å²) in [5.74, 6) is -0.254. The Balaban J connectivity index is 1.01. The fourth-order valence-corrected chi connectivity index (χ4v) is 7.07. The number of anilines is 1. The van der Waals surface area contributed by atoms with Crippen LogP contribution >= 0.6 is 0 Å². The van der Waals surface area contributed by atoms with Gasteiger partial charge in [0, 0.05) is 31.9 Å². The second kappa shape index (κ2) is 13.3. The highest BCUT2D eigenvalue weighted by Crippen LogP contribution is 2.40. The van der Waals surface area contributed by atoms with E-state index in [0.717, 1.165) is 66.7 Å². The minimum absolute atomic E-state index is 0.0754. The monoisotopic (exact) mass is 629 g/mol. The number of ether oxygens (including phenoxy) is 1. The number of para-hydroxylation sites is 3. The molecule has 2 saturated heterocycles. The smallest absolute Gasteiger partial charge is 0.338 e. The number of aromatic nitrogens is 2. The average Bonchev–Trinajstić information content (AvgIpc) is 3.57. The number of aryl methyl sites for hydroxylation is 1. The van der Waals surface area contributed by atoms with Gasteiger partial charge in [-0.1, -0.05) is 72.8 Å². The van der Waals surface area contributed by atoms with Crippen molar-refractivity contribution in [2.75, 3.05) is 31.2 Å². The van der Waals surface area contributed by atoms with E-state index in [1.165, 1.54) is 0 Å². The number of carbonyl (C=O) groups excluding carboxylic acids is 2. The van der Waals surface area contributed by atoms with Gasteiger partial charge in [-0.15, -0.1) is 0 Å². The number of benzene rings is 4. The van der Waals surface area contributed by atoms with Crippen LogP contribution in [-0.2, 0) is 29.2 Å². The summed E-state index contributed by atoms with van der Waals surface area (Å²) in [5, 5.41) is 0. The Morgan fingerprint density at radius 1 is 0.787 bits per heavy atom. The second-order valence-electron chi connectivity index (χ2n) is 12.5. The zero-order chi connectivity index (χ0) is 32.2. The first-order valence-electron chi connectivity index (χ1n) is 16.3. The molecule has 9 heteroatoms. The number of H-pyrrole nitrogens is 1. The molecular formula is C38H39N5O4. The third kappa shape index (κ3) is 6.31. The predicted molar refractivity (Wildman–Crippen MR) is 182 cm³/mol. The molecule has 2 aliphatic rings. The Kier molecular flexibility index (Phi) is 8.63. The molecular weight excluding hydrogens is 590 g/mol. The molecule has 1 spiro atoms. The number of hydrogen-bond donors (Lipinski definition) is 1. The van der Waals surface area contributed by atoms with E-state index in [0.29, 0.717) is 25.3 Å². The van der Waals surface area contributed by atoms with Crippen molar-refractivity contribution in [3.05, 3.63) is 136 Å². The number of piperidine rings is 1. The van der Waals surface area contributed by atoms with E-state index in [-0.39, 0.29) is 24.2 Å². The molecule has 240 valence electrons. The van der Waals surface area contributed by atoms with Crippen molar-refractivity contribution in [3.63, 3.8) is 0 Å². The molecule has 0 radical (unpaired) electrons. The molecule has 0 aliphatic carbocycles. The van der Waals surface area contributed by atoms with Crippen LogP contribution in [-0.4, -0.2) is 63.1 Å². The molecule has 2 aliphatic heterocycles. The number of rotatable bonds is 10. The molecule has 9 nitrogen and oxygen atoms in total. The minimum atomic E-state index is -0.627. The highest BCUT2D eigenvalue weighted by Gasteiger charge is 2.53. The first-order chi connectivity index (χ1) is 23.0. The van der Waals surface area contributed by atoms with Gasteiger partial charge < -0.3 is 24.4 Å². The number of nitrogens with one attached hydrogen (secondary N) is 1. The maximum atomic E-state index is 14.3.